The first-order chi connectivity index (χ1) is 11.5. The molecule has 0 radical (unpaired) electrons. The fourth-order valence-electron chi connectivity index (χ4n) is 2.14. The van der Waals surface area contributed by atoms with E-state index >= 15 is 0 Å². The zero-order valence-electron chi connectivity index (χ0n) is 14.2. The van der Waals surface area contributed by atoms with Crippen LogP contribution in [0.1, 0.15) is 42.4 Å². The van der Waals surface area contributed by atoms with Crippen LogP contribution in [0.4, 0.5) is 17.6 Å². The normalized spacial score (nSPS) is 13.2. The summed E-state index contributed by atoms with van der Waals surface area (Å²) in [6, 6.07) is 2.33. The van der Waals surface area contributed by atoms with Gasteiger partial charge in [0.2, 0.25) is 0 Å². The summed E-state index contributed by atoms with van der Waals surface area (Å²) in [6.45, 7) is 7.26. The Balaban J connectivity index is 2.32. The second kappa shape index (κ2) is 6.85. The first kappa shape index (κ1) is 19.0. The smallest absolute Gasteiger partial charge is 0.355 e. The molecule has 2 aromatic rings. The molecule has 0 saturated carbocycles. The highest BCUT2D eigenvalue weighted by Crippen LogP contribution is 2.34. The number of hydrogen-bond acceptors (Lipinski definition) is 3. The van der Waals surface area contributed by atoms with E-state index in [0.29, 0.717) is 11.6 Å². The van der Waals surface area contributed by atoms with Gasteiger partial charge in [0.15, 0.2) is 11.5 Å². The van der Waals surface area contributed by atoms with Crippen LogP contribution in [0.25, 0.3) is 11.3 Å². The van der Waals surface area contributed by atoms with Gasteiger partial charge in [0.1, 0.15) is 5.82 Å². The lowest BCUT2D eigenvalue weighted by molar-refractivity contribution is -0.139. The number of rotatable bonds is 4. The molecule has 0 aliphatic rings. The maximum Gasteiger partial charge on any atom is 0.419 e. The van der Waals surface area contributed by atoms with Crippen LogP contribution in [-0.2, 0) is 6.18 Å². The highest BCUT2D eigenvalue weighted by molar-refractivity contribution is 5.95. The number of carbonyl (C=O) groups is 1. The van der Waals surface area contributed by atoms with Gasteiger partial charge < -0.3 is 9.84 Å². The topological polar surface area (TPSA) is 55.1 Å². The summed E-state index contributed by atoms with van der Waals surface area (Å²) in [5.74, 6) is -1.61. The van der Waals surface area contributed by atoms with Gasteiger partial charge in [0, 0.05) is 17.2 Å². The molecule has 1 aromatic heterocycles. The van der Waals surface area contributed by atoms with Gasteiger partial charge in [-0.25, -0.2) is 4.39 Å². The van der Waals surface area contributed by atoms with Crippen molar-refractivity contribution < 1.29 is 26.9 Å². The van der Waals surface area contributed by atoms with Crippen LogP contribution < -0.4 is 5.32 Å². The zero-order valence-corrected chi connectivity index (χ0v) is 14.2. The average molecular weight is 358 g/mol. The largest absolute Gasteiger partial charge is 0.419 e. The average Bonchev–Trinajstić information content (AvgIpc) is 2.87. The third kappa shape index (κ3) is 4.00. The van der Waals surface area contributed by atoms with Crippen LogP contribution >= 0.6 is 0 Å². The van der Waals surface area contributed by atoms with Crippen LogP contribution in [0, 0.1) is 18.7 Å². The Hall–Kier alpha value is -2.38. The van der Waals surface area contributed by atoms with Crippen molar-refractivity contribution in [1.82, 2.24) is 10.5 Å². The van der Waals surface area contributed by atoms with Crippen molar-refractivity contribution in [2.45, 2.75) is 39.9 Å². The second-order valence-electron chi connectivity index (χ2n) is 6.18. The van der Waals surface area contributed by atoms with E-state index in [1.807, 2.05) is 20.8 Å². The van der Waals surface area contributed by atoms with Crippen LogP contribution in [0.2, 0.25) is 0 Å². The molecule has 0 bridgehead atoms. The number of aromatic nitrogens is 1. The number of carbonyl (C=O) groups excluding carboxylic acids is 1. The van der Waals surface area contributed by atoms with E-state index in [4.69, 9.17) is 4.52 Å². The Bertz CT molecular complexity index is 781. The lowest BCUT2D eigenvalue weighted by Gasteiger charge is -2.16. The second-order valence-corrected chi connectivity index (χ2v) is 6.18. The first-order valence-corrected chi connectivity index (χ1v) is 7.66. The van der Waals surface area contributed by atoms with Crippen LogP contribution in [0.3, 0.4) is 0 Å². The Morgan fingerprint density at radius 3 is 2.40 bits per heavy atom. The Kier molecular flexibility index (Phi) is 5.20. The van der Waals surface area contributed by atoms with Gasteiger partial charge in [-0.15, -0.1) is 0 Å². The molecular formula is C17H18F4N2O2. The summed E-state index contributed by atoms with van der Waals surface area (Å²) >= 11 is 0. The molecule has 0 aliphatic heterocycles. The van der Waals surface area contributed by atoms with Crippen molar-refractivity contribution >= 4 is 5.91 Å². The molecule has 1 aromatic carbocycles. The van der Waals surface area contributed by atoms with E-state index in [1.165, 1.54) is 6.92 Å². The first-order valence-electron chi connectivity index (χ1n) is 7.66. The van der Waals surface area contributed by atoms with E-state index in [-0.39, 0.29) is 29.0 Å². The third-order valence-electron chi connectivity index (χ3n) is 4.03. The van der Waals surface area contributed by atoms with Crippen molar-refractivity contribution in [3.05, 3.63) is 40.8 Å². The van der Waals surface area contributed by atoms with Crippen LogP contribution in [0.15, 0.2) is 22.7 Å². The minimum absolute atomic E-state index is 0.0165. The molecule has 1 atom stereocenters. The van der Waals surface area contributed by atoms with Crippen molar-refractivity contribution in [2.75, 3.05) is 0 Å². The maximum absolute atomic E-state index is 13.7. The van der Waals surface area contributed by atoms with Gasteiger partial charge in [-0.3, -0.25) is 4.79 Å². The van der Waals surface area contributed by atoms with E-state index in [1.54, 1.807) is 0 Å². The van der Waals surface area contributed by atoms with E-state index in [9.17, 15) is 22.4 Å². The minimum Gasteiger partial charge on any atom is -0.355 e. The van der Waals surface area contributed by atoms with Gasteiger partial charge in [-0.05, 0) is 31.9 Å². The van der Waals surface area contributed by atoms with Gasteiger partial charge in [-0.1, -0.05) is 25.1 Å². The Labute approximate surface area is 142 Å². The Morgan fingerprint density at radius 1 is 1.24 bits per heavy atom. The van der Waals surface area contributed by atoms with E-state index in [2.05, 4.69) is 10.5 Å². The number of benzene rings is 1. The fourth-order valence-corrected chi connectivity index (χ4v) is 2.14. The molecule has 1 amide bonds. The predicted octanol–water partition coefficient (Wildman–Crippen LogP) is 4.58. The Morgan fingerprint density at radius 2 is 1.88 bits per heavy atom. The van der Waals surface area contributed by atoms with Crippen molar-refractivity contribution in [1.29, 1.82) is 0 Å². The molecule has 0 aliphatic carbocycles. The van der Waals surface area contributed by atoms with Gasteiger partial charge >= 0.3 is 6.18 Å². The maximum atomic E-state index is 13.7. The van der Waals surface area contributed by atoms with E-state index in [0.717, 1.165) is 12.1 Å². The molecule has 2 rings (SSSR count). The van der Waals surface area contributed by atoms with Crippen LogP contribution in [-0.4, -0.2) is 17.1 Å². The number of amides is 1. The third-order valence-corrected chi connectivity index (χ3v) is 4.03. The SMILES string of the molecule is Cc1c(C(=O)N[C@@H](C)C(C)C)noc1-c1ccc(C(F)(F)F)c(F)c1. The number of alkyl halides is 3. The van der Waals surface area contributed by atoms with Crippen LogP contribution in [0.5, 0.6) is 0 Å². The molecule has 0 fully saturated rings. The van der Waals surface area contributed by atoms with Gasteiger partial charge in [-0.2, -0.15) is 13.2 Å². The monoisotopic (exact) mass is 358 g/mol. The van der Waals surface area contributed by atoms with Crippen molar-refractivity contribution in [3.63, 3.8) is 0 Å². The number of halogens is 4. The lowest BCUT2D eigenvalue weighted by atomic mass is 10.0. The van der Waals surface area contributed by atoms with Gasteiger partial charge in [0.05, 0.1) is 5.56 Å². The van der Waals surface area contributed by atoms with E-state index < -0.39 is 23.5 Å². The highest BCUT2D eigenvalue weighted by atomic mass is 19.4. The summed E-state index contributed by atoms with van der Waals surface area (Å²) < 4.78 is 56.7. The fraction of sp³-hybridized carbons (Fsp3) is 0.412. The molecule has 1 heterocycles. The molecular weight excluding hydrogens is 340 g/mol. The summed E-state index contributed by atoms with van der Waals surface area (Å²) in [7, 11) is 0. The molecule has 1 N–H and O–H groups in total. The zero-order chi connectivity index (χ0) is 18.9. The molecule has 136 valence electrons. The summed E-state index contributed by atoms with van der Waals surface area (Å²) in [5.41, 5.74) is -0.945. The van der Waals surface area contributed by atoms with Gasteiger partial charge in [0.25, 0.3) is 5.91 Å². The predicted molar refractivity (Wildman–Crippen MR) is 83.4 cm³/mol. The number of nitrogens with zero attached hydrogens (tertiary/aromatic N) is 1. The molecule has 0 saturated heterocycles. The molecule has 4 nitrogen and oxygen atoms in total. The molecule has 0 spiro atoms. The lowest BCUT2D eigenvalue weighted by Crippen LogP contribution is -2.36. The van der Waals surface area contributed by atoms with Crippen molar-refractivity contribution in [3.8, 4) is 11.3 Å². The quantitative estimate of drug-likeness (QED) is 0.814. The minimum atomic E-state index is -4.78. The standard InChI is InChI=1S/C17H18F4N2O2/c1-8(2)10(4)22-16(24)14-9(3)15(25-23-14)11-5-6-12(13(18)7-11)17(19,20)21/h5-8,10H,1-4H3,(H,22,24)/t10-/m0/s1. The number of hydrogen-bond donors (Lipinski definition) is 1. The summed E-state index contributed by atoms with van der Waals surface area (Å²) in [5, 5.41) is 6.43. The molecule has 8 heteroatoms. The molecule has 0 unspecified atom stereocenters. The highest BCUT2D eigenvalue weighted by Gasteiger charge is 2.34. The summed E-state index contributed by atoms with van der Waals surface area (Å²) in [4.78, 5) is 12.2. The molecule has 25 heavy (non-hydrogen) atoms. The van der Waals surface area contributed by atoms with Crippen molar-refractivity contribution in [2.24, 2.45) is 5.92 Å². The number of nitrogens with one attached hydrogen (secondary N) is 1. The summed E-state index contributed by atoms with van der Waals surface area (Å²) in [6.07, 6.45) is -4.78.